The zero-order valence-electron chi connectivity index (χ0n) is 17.6. The molecule has 6 heteroatoms. The molecule has 1 heterocycles. The van der Waals surface area contributed by atoms with E-state index in [1.165, 1.54) is 4.90 Å². The lowest BCUT2D eigenvalue weighted by atomic mass is 10.0. The number of imide groups is 1. The van der Waals surface area contributed by atoms with E-state index in [-0.39, 0.29) is 36.6 Å². The lowest BCUT2D eigenvalue weighted by Gasteiger charge is -2.34. The van der Waals surface area contributed by atoms with E-state index in [1.54, 1.807) is 17.0 Å². The van der Waals surface area contributed by atoms with E-state index in [0.29, 0.717) is 5.69 Å². The fourth-order valence-corrected chi connectivity index (χ4v) is 4.47. The van der Waals surface area contributed by atoms with Crippen LogP contribution in [0.25, 0.3) is 0 Å². The lowest BCUT2D eigenvalue weighted by Crippen LogP contribution is -2.47. The predicted octanol–water partition coefficient (Wildman–Crippen LogP) is 4.76. The number of benzene rings is 3. The number of hydrogen-bond acceptors (Lipinski definition) is 3. The zero-order valence-corrected chi connectivity index (χ0v) is 19.8. The van der Waals surface area contributed by atoms with Crippen LogP contribution in [0, 0.1) is 3.57 Å². The predicted molar refractivity (Wildman–Crippen MR) is 132 cm³/mol. The van der Waals surface area contributed by atoms with Crippen molar-refractivity contribution in [2.24, 2.45) is 0 Å². The van der Waals surface area contributed by atoms with Gasteiger partial charge in [-0.1, -0.05) is 60.7 Å². The van der Waals surface area contributed by atoms with Crippen LogP contribution in [0.2, 0.25) is 0 Å². The summed E-state index contributed by atoms with van der Waals surface area (Å²) >= 11 is 2.18. The van der Waals surface area contributed by atoms with Crippen molar-refractivity contribution in [3.8, 4) is 0 Å². The second-order valence-corrected chi connectivity index (χ2v) is 9.06. The van der Waals surface area contributed by atoms with Gasteiger partial charge >= 0.3 is 0 Å². The van der Waals surface area contributed by atoms with Crippen LogP contribution in [0.15, 0.2) is 84.9 Å². The molecule has 0 bridgehead atoms. The first kappa shape index (κ1) is 22.2. The number of amides is 3. The van der Waals surface area contributed by atoms with Crippen molar-refractivity contribution < 1.29 is 14.4 Å². The number of nitrogens with zero attached hydrogens (tertiary/aromatic N) is 2. The van der Waals surface area contributed by atoms with Gasteiger partial charge in [-0.3, -0.25) is 14.4 Å². The van der Waals surface area contributed by atoms with Crippen molar-refractivity contribution in [2.75, 3.05) is 4.90 Å². The van der Waals surface area contributed by atoms with Gasteiger partial charge in [0, 0.05) is 3.57 Å². The monoisotopic (exact) mass is 538 g/mol. The van der Waals surface area contributed by atoms with Gasteiger partial charge in [-0.25, -0.2) is 4.90 Å². The Kier molecular flexibility index (Phi) is 6.69. The molecule has 0 aliphatic carbocycles. The molecule has 0 radical (unpaired) electrons. The van der Waals surface area contributed by atoms with Gasteiger partial charge in [0.05, 0.1) is 24.6 Å². The van der Waals surface area contributed by atoms with Gasteiger partial charge in [-0.05, 0) is 64.9 Å². The van der Waals surface area contributed by atoms with Crippen LogP contribution >= 0.6 is 22.6 Å². The van der Waals surface area contributed by atoms with Gasteiger partial charge in [0.2, 0.25) is 11.8 Å². The fourth-order valence-electron chi connectivity index (χ4n) is 4.11. The summed E-state index contributed by atoms with van der Waals surface area (Å²) in [4.78, 5) is 42.6. The highest BCUT2D eigenvalue weighted by Gasteiger charge is 2.45. The minimum atomic E-state index is -0.840. The molecule has 3 aromatic rings. The summed E-state index contributed by atoms with van der Waals surface area (Å²) in [5.74, 6) is -0.831. The van der Waals surface area contributed by atoms with Crippen LogP contribution < -0.4 is 4.90 Å². The third-order valence-corrected chi connectivity index (χ3v) is 6.45. The van der Waals surface area contributed by atoms with Crippen molar-refractivity contribution >= 4 is 46.0 Å². The van der Waals surface area contributed by atoms with E-state index in [9.17, 15) is 14.4 Å². The molecule has 2 unspecified atom stereocenters. The molecule has 3 aromatic carbocycles. The van der Waals surface area contributed by atoms with Crippen LogP contribution in [0.4, 0.5) is 5.69 Å². The van der Waals surface area contributed by atoms with Crippen molar-refractivity contribution in [1.29, 1.82) is 0 Å². The smallest absolute Gasteiger partial charge is 0.257 e. The number of rotatable bonds is 6. The van der Waals surface area contributed by atoms with E-state index in [0.717, 1.165) is 14.7 Å². The summed E-state index contributed by atoms with van der Waals surface area (Å²) < 4.78 is 1.01. The third kappa shape index (κ3) is 4.60. The molecule has 0 aromatic heterocycles. The first-order valence-electron chi connectivity index (χ1n) is 10.5. The molecule has 1 aliphatic rings. The summed E-state index contributed by atoms with van der Waals surface area (Å²) in [5.41, 5.74) is 2.32. The number of hydrogen-bond donors (Lipinski definition) is 0. The lowest BCUT2D eigenvalue weighted by molar-refractivity contribution is -0.140. The quantitative estimate of drug-likeness (QED) is 0.336. The minimum absolute atomic E-state index is 0.0253. The minimum Gasteiger partial charge on any atom is -0.323 e. The van der Waals surface area contributed by atoms with Crippen molar-refractivity contribution in [2.45, 2.75) is 31.8 Å². The average Bonchev–Trinajstić information content (AvgIpc) is 3.09. The SMILES string of the molecule is CC(c1ccccc1)N(C(=O)Cc1ccccc1)C1CC(=O)N(c2ccc(I)cc2)C1=O. The first-order chi connectivity index (χ1) is 15.5. The molecule has 1 aliphatic heterocycles. The largest absolute Gasteiger partial charge is 0.323 e. The Bertz CT molecular complexity index is 1120. The Morgan fingerprint density at radius 2 is 1.56 bits per heavy atom. The third-order valence-electron chi connectivity index (χ3n) is 5.73. The maximum atomic E-state index is 13.5. The molecular weight excluding hydrogens is 515 g/mol. The highest BCUT2D eigenvalue weighted by molar-refractivity contribution is 14.1. The van der Waals surface area contributed by atoms with Crippen molar-refractivity contribution in [3.63, 3.8) is 0 Å². The van der Waals surface area contributed by atoms with E-state index in [2.05, 4.69) is 22.6 Å². The van der Waals surface area contributed by atoms with E-state index in [4.69, 9.17) is 0 Å². The van der Waals surface area contributed by atoms with Crippen LogP contribution in [0.3, 0.4) is 0 Å². The van der Waals surface area contributed by atoms with E-state index in [1.807, 2.05) is 79.7 Å². The van der Waals surface area contributed by atoms with Gasteiger partial charge in [0.25, 0.3) is 5.91 Å². The topological polar surface area (TPSA) is 57.7 Å². The highest BCUT2D eigenvalue weighted by atomic mass is 127. The van der Waals surface area contributed by atoms with Gasteiger partial charge < -0.3 is 4.90 Å². The normalized spacial score (nSPS) is 16.8. The molecule has 5 nitrogen and oxygen atoms in total. The Hall–Kier alpha value is -3.00. The van der Waals surface area contributed by atoms with Gasteiger partial charge in [-0.15, -0.1) is 0 Å². The van der Waals surface area contributed by atoms with Crippen LogP contribution in [-0.2, 0) is 20.8 Å². The molecule has 0 saturated carbocycles. The second-order valence-electron chi connectivity index (χ2n) is 7.81. The Morgan fingerprint density at radius 3 is 2.19 bits per heavy atom. The summed E-state index contributed by atoms with van der Waals surface area (Å²) in [6, 6.07) is 25.1. The molecule has 1 fully saturated rings. The van der Waals surface area contributed by atoms with Gasteiger partial charge in [0.1, 0.15) is 6.04 Å². The zero-order chi connectivity index (χ0) is 22.7. The first-order valence-corrected chi connectivity index (χ1v) is 11.6. The summed E-state index contributed by atoms with van der Waals surface area (Å²) in [7, 11) is 0. The van der Waals surface area contributed by atoms with Crippen LogP contribution in [0.1, 0.15) is 30.5 Å². The Morgan fingerprint density at radius 1 is 0.969 bits per heavy atom. The average molecular weight is 538 g/mol. The highest BCUT2D eigenvalue weighted by Crippen LogP contribution is 2.32. The molecule has 0 spiro atoms. The Labute approximate surface area is 201 Å². The van der Waals surface area contributed by atoms with Crippen molar-refractivity contribution in [3.05, 3.63) is 99.6 Å². The number of carbonyl (C=O) groups excluding carboxylic acids is 3. The fraction of sp³-hybridized carbons (Fsp3) is 0.192. The van der Waals surface area contributed by atoms with Crippen LogP contribution in [0.5, 0.6) is 0 Å². The molecule has 32 heavy (non-hydrogen) atoms. The standard InChI is InChI=1S/C26H23IN2O3/c1-18(20-10-6-3-7-11-20)28(24(30)16-19-8-4-2-5-9-19)23-17-25(31)29(26(23)32)22-14-12-21(27)13-15-22/h2-15,18,23H,16-17H2,1H3. The van der Waals surface area contributed by atoms with Gasteiger partial charge in [0.15, 0.2) is 0 Å². The maximum Gasteiger partial charge on any atom is 0.257 e. The molecule has 162 valence electrons. The number of carbonyl (C=O) groups is 3. The molecular formula is C26H23IN2O3. The molecule has 3 amide bonds. The maximum absolute atomic E-state index is 13.5. The summed E-state index contributed by atoms with van der Waals surface area (Å²) in [5, 5.41) is 0. The van der Waals surface area contributed by atoms with E-state index >= 15 is 0 Å². The Balaban J connectivity index is 1.67. The molecule has 0 N–H and O–H groups in total. The van der Waals surface area contributed by atoms with Gasteiger partial charge in [-0.2, -0.15) is 0 Å². The second kappa shape index (κ2) is 9.65. The molecule has 4 rings (SSSR count). The number of halogens is 1. The molecule has 2 atom stereocenters. The summed E-state index contributed by atoms with van der Waals surface area (Å²) in [6.45, 7) is 1.91. The molecule has 1 saturated heterocycles. The summed E-state index contributed by atoms with van der Waals surface area (Å²) in [6.07, 6.45) is 0.141. The van der Waals surface area contributed by atoms with Crippen molar-refractivity contribution in [1.82, 2.24) is 4.90 Å². The number of anilines is 1. The van der Waals surface area contributed by atoms with Crippen LogP contribution in [-0.4, -0.2) is 28.7 Å². The van der Waals surface area contributed by atoms with E-state index < -0.39 is 6.04 Å².